The summed E-state index contributed by atoms with van der Waals surface area (Å²) in [6.07, 6.45) is -4.63. The molecule has 0 aliphatic heterocycles. The molecule has 0 saturated heterocycles. The quantitative estimate of drug-likeness (QED) is 0.388. The fourth-order valence-corrected chi connectivity index (χ4v) is 1.77. The van der Waals surface area contributed by atoms with Crippen LogP contribution in [0.4, 0.5) is 13.2 Å². The number of hydrogen-bond donors (Lipinski definition) is 2. The fourth-order valence-electron chi connectivity index (χ4n) is 1.77. The molecule has 1 amide bonds. The lowest BCUT2D eigenvalue weighted by Crippen LogP contribution is -2.43. The van der Waals surface area contributed by atoms with E-state index in [9.17, 15) is 18.0 Å². The molecule has 0 unspecified atom stereocenters. The van der Waals surface area contributed by atoms with Crippen LogP contribution in [0.25, 0.3) is 0 Å². The Labute approximate surface area is 119 Å². The highest BCUT2D eigenvalue weighted by Crippen LogP contribution is 2.32. The summed E-state index contributed by atoms with van der Waals surface area (Å²) >= 11 is 0. The molecule has 116 valence electrons. The van der Waals surface area contributed by atoms with Crippen molar-refractivity contribution in [3.8, 4) is 0 Å². The summed E-state index contributed by atoms with van der Waals surface area (Å²) in [4.78, 5) is 13.4. The van der Waals surface area contributed by atoms with Gasteiger partial charge in [-0.1, -0.05) is 17.3 Å². The Balaban J connectivity index is 3.22. The van der Waals surface area contributed by atoms with E-state index in [0.717, 1.165) is 17.0 Å². The van der Waals surface area contributed by atoms with E-state index in [1.807, 2.05) is 0 Å². The summed E-state index contributed by atoms with van der Waals surface area (Å²) in [5.74, 6) is -1.09. The second-order valence-corrected chi connectivity index (χ2v) is 4.66. The van der Waals surface area contributed by atoms with E-state index in [-0.39, 0.29) is 12.4 Å². The largest absolute Gasteiger partial charge is 0.417 e. The number of nitrogens with two attached hydrogens (primary N) is 1. The molecule has 3 N–H and O–H groups in total. The van der Waals surface area contributed by atoms with Gasteiger partial charge in [-0.3, -0.25) is 4.79 Å². The van der Waals surface area contributed by atoms with Crippen LogP contribution in [0.5, 0.6) is 0 Å². The lowest BCUT2D eigenvalue weighted by atomic mass is 10.1. The van der Waals surface area contributed by atoms with Crippen molar-refractivity contribution in [2.24, 2.45) is 10.9 Å². The summed E-state index contributed by atoms with van der Waals surface area (Å²) < 4.78 is 38.8. The molecule has 0 fully saturated rings. The highest BCUT2D eigenvalue weighted by Gasteiger charge is 2.36. The number of carbonyl (C=O) groups is 1. The monoisotopic (exact) mass is 303 g/mol. The van der Waals surface area contributed by atoms with Crippen molar-refractivity contribution in [3.05, 3.63) is 35.4 Å². The molecule has 0 spiro atoms. The Morgan fingerprint density at radius 3 is 2.43 bits per heavy atom. The van der Waals surface area contributed by atoms with Crippen molar-refractivity contribution in [2.75, 3.05) is 6.54 Å². The van der Waals surface area contributed by atoms with Crippen LogP contribution in [0.15, 0.2) is 29.4 Å². The van der Waals surface area contributed by atoms with Gasteiger partial charge in [-0.05, 0) is 26.0 Å². The number of benzene rings is 1. The van der Waals surface area contributed by atoms with Gasteiger partial charge in [0.2, 0.25) is 0 Å². The Bertz CT molecular complexity index is 542. The Hall–Kier alpha value is -2.25. The maximum absolute atomic E-state index is 12.9. The van der Waals surface area contributed by atoms with Gasteiger partial charge in [0.25, 0.3) is 5.91 Å². The third kappa shape index (κ3) is 4.11. The van der Waals surface area contributed by atoms with Crippen molar-refractivity contribution < 1.29 is 23.2 Å². The van der Waals surface area contributed by atoms with Crippen LogP contribution in [0.1, 0.15) is 29.8 Å². The minimum absolute atomic E-state index is 0.262. The molecule has 1 aromatic carbocycles. The number of rotatable bonds is 4. The van der Waals surface area contributed by atoms with Crippen LogP contribution in [-0.2, 0) is 6.18 Å². The molecule has 0 atom stereocenters. The molecule has 21 heavy (non-hydrogen) atoms. The van der Waals surface area contributed by atoms with Crippen molar-refractivity contribution in [1.29, 1.82) is 0 Å². The van der Waals surface area contributed by atoms with Crippen LogP contribution in [0.2, 0.25) is 0 Å². The minimum atomic E-state index is -4.63. The molecule has 0 aliphatic rings. The summed E-state index contributed by atoms with van der Waals surface area (Å²) in [5, 5.41) is 11.3. The second-order valence-electron chi connectivity index (χ2n) is 4.66. The van der Waals surface area contributed by atoms with Crippen molar-refractivity contribution in [2.45, 2.75) is 26.1 Å². The lowest BCUT2D eigenvalue weighted by Gasteiger charge is -2.27. The summed E-state index contributed by atoms with van der Waals surface area (Å²) in [5.41, 5.74) is 3.85. The average Bonchev–Trinajstić information content (AvgIpc) is 2.42. The first-order chi connectivity index (χ1) is 9.68. The third-order valence-electron chi connectivity index (χ3n) is 2.81. The number of carbonyl (C=O) groups excluding carboxylic acids is 1. The van der Waals surface area contributed by atoms with E-state index in [1.165, 1.54) is 12.1 Å². The van der Waals surface area contributed by atoms with Gasteiger partial charge >= 0.3 is 6.18 Å². The number of alkyl halides is 3. The number of amides is 1. The number of hydrogen-bond acceptors (Lipinski definition) is 3. The maximum Gasteiger partial charge on any atom is 0.417 e. The Morgan fingerprint density at radius 1 is 1.38 bits per heavy atom. The van der Waals surface area contributed by atoms with Gasteiger partial charge < -0.3 is 15.8 Å². The van der Waals surface area contributed by atoms with Gasteiger partial charge in [-0.15, -0.1) is 0 Å². The zero-order chi connectivity index (χ0) is 16.2. The molecular formula is C13H16F3N3O2. The van der Waals surface area contributed by atoms with Gasteiger partial charge in [-0.2, -0.15) is 13.2 Å². The first-order valence-corrected chi connectivity index (χ1v) is 6.12. The molecule has 0 aromatic heterocycles. The van der Waals surface area contributed by atoms with Crippen LogP contribution >= 0.6 is 0 Å². The van der Waals surface area contributed by atoms with E-state index in [4.69, 9.17) is 10.9 Å². The third-order valence-corrected chi connectivity index (χ3v) is 2.81. The predicted octanol–water partition coefficient (Wildman–Crippen LogP) is 2.30. The molecule has 0 heterocycles. The molecule has 0 radical (unpaired) electrons. The number of oxime groups is 1. The smallest absolute Gasteiger partial charge is 0.409 e. The first kappa shape index (κ1) is 16.8. The van der Waals surface area contributed by atoms with Crippen molar-refractivity contribution in [3.63, 3.8) is 0 Å². The van der Waals surface area contributed by atoms with E-state index in [0.29, 0.717) is 0 Å². The topological polar surface area (TPSA) is 78.9 Å². The zero-order valence-electron chi connectivity index (χ0n) is 11.6. The van der Waals surface area contributed by atoms with E-state index in [2.05, 4.69) is 5.16 Å². The maximum atomic E-state index is 12.9. The number of halogens is 3. The lowest BCUT2D eigenvalue weighted by molar-refractivity contribution is -0.138. The first-order valence-electron chi connectivity index (χ1n) is 6.12. The molecule has 1 rings (SSSR count). The molecule has 0 bridgehead atoms. The van der Waals surface area contributed by atoms with E-state index in [1.54, 1.807) is 13.8 Å². The minimum Gasteiger partial charge on any atom is -0.409 e. The summed E-state index contributed by atoms with van der Waals surface area (Å²) in [7, 11) is 0. The highest BCUT2D eigenvalue weighted by atomic mass is 19.4. The van der Waals surface area contributed by atoms with Gasteiger partial charge in [-0.25, -0.2) is 0 Å². The standard InChI is InChI=1S/C13H16F3N3O2/c1-8(2)19(7-11(17)18-21)12(20)9-5-3-4-6-10(9)13(14,15)16/h3-6,8,21H,7H2,1-2H3,(H2,17,18). The number of nitrogens with zero attached hydrogens (tertiary/aromatic N) is 2. The molecule has 1 aromatic rings. The van der Waals surface area contributed by atoms with E-state index >= 15 is 0 Å². The van der Waals surface area contributed by atoms with Crippen molar-refractivity contribution >= 4 is 11.7 Å². The summed E-state index contributed by atoms with van der Waals surface area (Å²) in [6.45, 7) is 2.98. The van der Waals surface area contributed by atoms with Crippen LogP contribution in [0.3, 0.4) is 0 Å². The number of amidine groups is 1. The molecule has 0 aliphatic carbocycles. The normalized spacial score (nSPS) is 12.6. The van der Waals surface area contributed by atoms with Gasteiger partial charge in [0.15, 0.2) is 5.84 Å². The Morgan fingerprint density at radius 2 is 1.95 bits per heavy atom. The molecular weight excluding hydrogens is 287 g/mol. The summed E-state index contributed by atoms with van der Waals surface area (Å²) in [6, 6.07) is 4.09. The molecule has 8 heteroatoms. The molecule has 5 nitrogen and oxygen atoms in total. The zero-order valence-corrected chi connectivity index (χ0v) is 11.6. The van der Waals surface area contributed by atoms with Gasteiger partial charge in [0, 0.05) is 6.04 Å². The predicted molar refractivity (Wildman–Crippen MR) is 71.0 cm³/mol. The molecule has 0 saturated carbocycles. The van der Waals surface area contributed by atoms with Gasteiger partial charge in [0.1, 0.15) is 0 Å². The van der Waals surface area contributed by atoms with Gasteiger partial charge in [0.05, 0.1) is 17.7 Å². The second kappa shape index (κ2) is 6.47. The van der Waals surface area contributed by atoms with Crippen molar-refractivity contribution in [1.82, 2.24) is 4.90 Å². The van der Waals surface area contributed by atoms with E-state index < -0.39 is 29.3 Å². The van der Waals surface area contributed by atoms with Crippen LogP contribution in [-0.4, -0.2) is 34.4 Å². The highest BCUT2D eigenvalue weighted by molar-refractivity contribution is 5.98. The fraction of sp³-hybridized carbons (Fsp3) is 0.385. The van der Waals surface area contributed by atoms with Crippen LogP contribution < -0.4 is 5.73 Å². The average molecular weight is 303 g/mol. The van der Waals surface area contributed by atoms with Crippen LogP contribution in [0, 0.1) is 0 Å². The Kier molecular flexibility index (Phi) is 5.17. The SMILES string of the molecule is CC(C)N(CC(N)=NO)C(=O)c1ccccc1C(F)(F)F.